The summed E-state index contributed by atoms with van der Waals surface area (Å²) in [7, 11) is 0. The van der Waals surface area contributed by atoms with Crippen LogP contribution < -0.4 is 10.4 Å². The number of rotatable bonds is 4. The molecule has 25 heavy (non-hydrogen) atoms. The lowest BCUT2D eigenvalue weighted by atomic mass is 10.1. The second kappa shape index (κ2) is 6.30. The van der Waals surface area contributed by atoms with Crippen LogP contribution in [0.25, 0.3) is 5.69 Å². The highest BCUT2D eigenvalue weighted by molar-refractivity contribution is 5.43. The Morgan fingerprint density at radius 1 is 1.20 bits per heavy atom. The summed E-state index contributed by atoms with van der Waals surface area (Å²) in [6, 6.07) is 9.15. The quantitative estimate of drug-likeness (QED) is 0.751. The maximum Gasteiger partial charge on any atom is 0.420 e. The Balaban J connectivity index is 1.92. The molecule has 0 amide bonds. The molecule has 0 aliphatic carbocycles. The normalized spacial score (nSPS) is 11.5. The largest absolute Gasteiger partial charge is 0.508 e. The van der Waals surface area contributed by atoms with Gasteiger partial charge in [-0.05, 0) is 34.7 Å². The second-order valence-corrected chi connectivity index (χ2v) is 5.01. The highest BCUT2D eigenvalue weighted by Gasteiger charge is 2.35. The lowest BCUT2D eigenvalue weighted by molar-refractivity contribution is -0.139. The average molecular weight is 352 g/mol. The standard InChI is InChI=1S/C15H11F3N4O3/c16-15(17,18)11-7-10(23)5-6-13(11)25-8-9-3-1-2-4-12(9)22-14(24)19-20-21-22/h1-7,23H,8H2,(H,19,21,24). The van der Waals surface area contributed by atoms with Gasteiger partial charge in [-0.2, -0.15) is 17.9 Å². The lowest BCUT2D eigenvalue weighted by Crippen LogP contribution is -2.18. The van der Waals surface area contributed by atoms with Crippen LogP contribution in [0.1, 0.15) is 11.1 Å². The fraction of sp³-hybridized carbons (Fsp3) is 0.133. The van der Waals surface area contributed by atoms with Gasteiger partial charge in [0.2, 0.25) is 0 Å². The third kappa shape index (κ3) is 3.47. The Morgan fingerprint density at radius 2 is 1.96 bits per heavy atom. The van der Waals surface area contributed by atoms with Gasteiger partial charge >= 0.3 is 11.9 Å². The van der Waals surface area contributed by atoms with Gasteiger partial charge in [0.15, 0.2) is 0 Å². The van der Waals surface area contributed by atoms with Crippen LogP contribution in [-0.4, -0.2) is 25.3 Å². The van der Waals surface area contributed by atoms with Crippen LogP contribution in [0.2, 0.25) is 0 Å². The van der Waals surface area contributed by atoms with Crippen molar-refractivity contribution in [1.29, 1.82) is 0 Å². The molecule has 0 fully saturated rings. The molecule has 3 rings (SSSR count). The van der Waals surface area contributed by atoms with Crippen LogP contribution in [0.4, 0.5) is 13.2 Å². The van der Waals surface area contributed by atoms with E-state index in [-0.39, 0.29) is 6.61 Å². The molecule has 10 heteroatoms. The topological polar surface area (TPSA) is 93.0 Å². The number of aromatic nitrogens is 4. The SMILES string of the molecule is O=c1[nH]nnn1-c1ccccc1COc1ccc(O)cc1C(F)(F)F. The highest BCUT2D eigenvalue weighted by Crippen LogP contribution is 2.38. The molecule has 0 bridgehead atoms. The monoisotopic (exact) mass is 352 g/mol. The second-order valence-electron chi connectivity index (χ2n) is 5.01. The summed E-state index contributed by atoms with van der Waals surface area (Å²) in [6.45, 7) is -0.247. The maximum atomic E-state index is 13.1. The molecule has 0 aliphatic rings. The molecule has 7 nitrogen and oxygen atoms in total. The first-order chi connectivity index (χ1) is 11.9. The predicted molar refractivity (Wildman–Crippen MR) is 79.4 cm³/mol. The number of hydrogen-bond donors (Lipinski definition) is 2. The zero-order chi connectivity index (χ0) is 18.0. The van der Waals surface area contributed by atoms with Gasteiger partial charge in [-0.15, -0.1) is 0 Å². The number of nitrogens with one attached hydrogen (secondary N) is 1. The smallest absolute Gasteiger partial charge is 0.420 e. The number of ether oxygens (including phenoxy) is 1. The van der Waals surface area contributed by atoms with Crippen LogP contribution in [0.15, 0.2) is 47.3 Å². The predicted octanol–water partition coefficient (Wildman–Crippen LogP) is 2.26. The van der Waals surface area contributed by atoms with E-state index < -0.39 is 28.9 Å². The molecule has 0 unspecified atom stereocenters. The lowest BCUT2D eigenvalue weighted by Gasteiger charge is -2.15. The number of para-hydroxylation sites is 1. The minimum absolute atomic E-state index is 0.247. The van der Waals surface area contributed by atoms with Gasteiger partial charge in [0.1, 0.15) is 23.7 Å². The number of nitrogens with zero attached hydrogens (tertiary/aromatic N) is 3. The molecule has 0 saturated carbocycles. The fourth-order valence-corrected chi connectivity index (χ4v) is 2.22. The first-order valence-electron chi connectivity index (χ1n) is 6.98. The molecule has 3 aromatic rings. The molecule has 1 aromatic heterocycles. The molecule has 2 aromatic carbocycles. The minimum atomic E-state index is -4.68. The Morgan fingerprint density at radius 3 is 2.64 bits per heavy atom. The third-order valence-corrected chi connectivity index (χ3v) is 3.34. The van der Waals surface area contributed by atoms with Crippen molar-refractivity contribution in [2.75, 3.05) is 0 Å². The third-order valence-electron chi connectivity index (χ3n) is 3.34. The summed E-state index contributed by atoms with van der Waals surface area (Å²) in [6.07, 6.45) is -4.68. The van der Waals surface area contributed by atoms with Crippen molar-refractivity contribution in [1.82, 2.24) is 20.2 Å². The van der Waals surface area contributed by atoms with E-state index in [0.717, 1.165) is 16.8 Å². The Kier molecular flexibility index (Phi) is 4.17. The molecule has 0 radical (unpaired) electrons. The molecular weight excluding hydrogens is 341 g/mol. The summed E-state index contributed by atoms with van der Waals surface area (Å²) in [4.78, 5) is 11.6. The van der Waals surface area contributed by atoms with Crippen LogP contribution >= 0.6 is 0 Å². The minimum Gasteiger partial charge on any atom is -0.508 e. The van der Waals surface area contributed by atoms with Gasteiger partial charge < -0.3 is 9.84 Å². The zero-order valence-corrected chi connectivity index (χ0v) is 12.5. The number of aromatic hydroxyl groups is 1. The molecular formula is C15H11F3N4O3. The van der Waals surface area contributed by atoms with Gasteiger partial charge in [0.25, 0.3) is 0 Å². The van der Waals surface area contributed by atoms with E-state index in [4.69, 9.17) is 4.74 Å². The number of benzene rings is 2. The number of phenols is 1. The van der Waals surface area contributed by atoms with E-state index in [9.17, 15) is 23.1 Å². The van der Waals surface area contributed by atoms with Crippen molar-refractivity contribution in [3.05, 3.63) is 64.1 Å². The maximum absolute atomic E-state index is 13.1. The Labute approximate surface area is 138 Å². The van der Waals surface area contributed by atoms with E-state index in [2.05, 4.69) is 15.5 Å². The van der Waals surface area contributed by atoms with Crippen molar-refractivity contribution >= 4 is 0 Å². The van der Waals surface area contributed by atoms with Gasteiger partial charge in [0.05, 0.1) is 5.69 Å². The number of tetrazole rings is 1. The number of aromatic amines is 1. The molecule has 0 aliphatic heterocycles. The summed E-state index contributed by atoms with van der Waals surface area (Å²) >= 11 is 0. The average Bonchev–Trinajstić information content (AvgIpc) is 2.99. The van der Waals surface area contributed by atoms with Crippen molar-refractivity contribution in [2.45, 2.75) is 12.8 Å². The molecule has 0 spiro atoms. The first-order valence-corrected chi connectivity index (χ1v) is 6.98. The van der Waals surface area contributed by atoms with E-state index in [0.29, 0.717) is 17.3 Å². The van der Waals surface area contributed by atoms with E-state index in [1.807, 2.05) is 0 Å². The number of phenolic OH excluding ortho intramolecular Hbond substituents is 1. The summed E-state index contributed by atoms with van der Waals surface area (Å²) in [5.74, 6) is -0.957. The Bertz CT molecular complexity index is 949. The first kappa shape index (κ1) is 16.6. The van der Waals surface area contributed by atoms with Crippen LogP contribution in [0.5, 0.6) is 11.5 Å². The van der Waals surface area contributed by atoms with Gasteiger partial charge in [-0.3, -0.25) is 0 Å². The molecule has 130 valence electrons. The van der Waals surface area contributed by atoms with Crippen molar-refractivity contribution in [3.8, 4) is 17.2 Å². The van der Waals surface area contributed by atoms with Crippen LogP contribution in [0.3, 0.4) is 0 Å². The van der Waals surface area contributed by atoms with Crippen molar-refractivity contribution < 1.29 is 23.0 Å². The Hall–Kier alpha value is -3.30. The van der Waals surface area contributed by atoms with Crippen LogP contribution in [0, 0.1) is 0 Å². The van der Waals surface area contributed by atoms with Crippen molar-refractivity contribution in [2.24, 2.45) is 0 Å². The van der Waals surface area contributed by atoms with Crippen LogP contribution in [-0.2, 0) is 12.8 Å². The van der Waals surface area contributed by atoms with E-state index in [1.165, 1.54) is 0 Å². The summed E-state index contributed by atoms with van der Waals surface area (Å²) < 4.78 is 45.4. The summed E-state index contributed by atoms with van der Waals surface area (Å²) in [5.41, 5.74) is -0.926. The highest BCUT2D eigenvalue weighted by atomic mass is 19.4. The van der Waals surface area contributed by atoms with Gasteiger partial charge in [-0.25, -0.2) is 9.89 Å². The van der Waals surface area contributed by atoms with Gasteiger partial charge in [0, 0.05) is 5.56 Å². The van der Waals surface area contributed by atoms with Gasteiger partial charge in [-0.1, -0.05) is 18.2 Å². The number of hydrogen-bond acceptors (Lipinski definition) is 5. The number of halogens is 3. The molecule has 0 atom stereocenters. The van der Waals surface area contributed by atoms with Crippen molar-refractivity contribution in [3.63, 3.8) is 0 Å². The van der Waals surface area contributed by atoms with E-state index in [1.54, 1.807) is 24.3 Å². The summed E-state index contributed by atoms with van der Waals surface area (Å²) in [5, 5.41) is 18.4. The fourth-order valence-electron chi connectivity index (χ4n) is 2.22. The van der Waals surface area contributed by atoms with E-state index >= 15 is 0 Å². The molecule has 1 heterocycles. The number of H-pyrrole nitrogens is 1. The zero-order valence-electron chi connectivity index (χ0n) is 12.5. The molecule has 0 saturated heterocycles. The number of alkyl halides is 3. The molecule has 2 N–H and O–H groups in total.